The molecule has 0 aromatic heterocycles. The number of fused-ring (bicyclic) bond motifs is 1. The SMILES string of the molecule is Cc1cccc(C(=O)Nc2ccc3c(c2)B(N=O)C3)c1. The van der Waals surface area contributed by atoms with Crippen LogP contribution < -0.4 is 10.8 Å². The van der Waals surface area contributed by atoms with Crippen LogP contribution in [0, 0.1) is 11.8 Å². The van der Waals surface area contributed by atoms with Gasteiger partial charge >= 0.3 is 6.85 Å². The van der Waals surface area contributed by atoms with Crippen molar-refractivity contribution in [3.8, 4) is 0 Å². The Morgan fingerprint density at radius 1 is 1.25 bits per heavy atom. The molecule has 1 heterocycles. The van der Waals surface area contributed by atoms with Crippen molar-refractivity contribution in [1.82, 2.24) is 0 Å². The number of benzene rings is 2. The zero-order valence-electron chi connectivity index (χ0n) is 11.1. The van der Waals surface area contributed by atoms with Crippen LogP contribution in [0.2, 0.25) is 0 Å². The van der Waals surface area contributed by atoms with Gasteiger partial charge in [0.2, 0.25) is 0 Å². The molecule has 0 saturated heterocycles. The highest BCUT2D eigenvalue weighted by molar-refractivity contribution is 6.76. The smallest absolute Gasteiger partial charge is 0.322 e. The van der Waals surface area contributed by atoms with E-state index in [-0.39, 0.29) is 12.8 Å². The zero-order chi connectivity index (χ0) is 14.1. The van der Waals surface area contributed by atoms with E-state index >= 15 is 0 Å². The van der Waals surface area contributed by atoms with Crippen molar-refractivity contribution < 1.29 is 4.79 Å². The molecule has 0 atom stereocenters. The van der Waals surface area contributed by atoms with Crippen LogP contribution in [-0.4, -0.2) is 12.8 Å². The second-order valence-electron chi connectivity index (χ2n) is 5.06. The molecular formula is C15H13BN2O2. The fraction of sp³-hybridized carbons (Fsp3) is 0.133. The zero-order valence-corrected chi connectivity index (χ0v) is 11.1. The molecule has 0 saturated carbocycles. The molecule has 1 amide bonds. The topological polar surface area (TPSA) is 58.5 Å². The number of nitrogens with one attached hydrogen (secondary N) is 1. The van der Waals surface area contributed by atoms with Gasteiger partial charge in [-0.3, -0.25) is 4.79 Å². The number of aryl methyl sites for hydroxylation is 1. The number of amides is 1. The molecule has 0 bridgehead atoms. The van der Waals surface area contributed by atoms with Crippen molar-refractivity contribution in [3.05, 3.63) is 64.1 Å². The molecule has 1 aliphatic rings. The summed E-state index contributed by atoms with van der Waals surface area (Å²) in [6.45, 7) is 1.68. The molecule has 98 valence electrons. The molecule has 5 heteroatoms. The summed E-state index contributed by atoms with van der Waals surface area (Å²) in [6.07, 6.45) is 0.699. The number of hydrogen-bond donors (Lipinski definition) is 1. The lowest BCUT2D eigenvalue weighted by Gasteiger charge is -2.22. The van der Waals surface area contributed by atoms with E-state index in [0.717, 1.165) is 16.6 Å². The van der Waals surface area contributed by atoms with Crippen LogP contribution in [0.1, 0.15) is 21.5 Å². The lowest BCUT2D eigenvalue weighted by molar-refractivity contribution is 0.102. The molecule has 4 nitrogen and oxygen atoms in total. The molecule has 0 spiro atoms. The van der Waals surface area contributed by atoms with Crippen LogP contribution in [0.5, 0.6) is 0 Å². The maximum absolute atomic E-state index is 12.1. The average molecular weight is 264 g/mol. The summed E-state index contributed by atoms with van der Waals surface area (Å²) < 4.78 is 0. The molecule has 2 aromatic carbocycles. The van der Waals surface area contributed by atoms with E-state index in [1.165, 1.54) is 0 Å². The van der Waals surface area contributed by atoms with Gasteiger partial charge in [-0.1, -0.05) is 29.3 Å². The maximum atomic E-state index is 12.1. The molecule has 1 aliphatic heterocycles. The Hall–Kier alpha value is -2.43. The summed E-state index contributed by atoms with van der Waals surface area (Å²) >= 11 is 0. The first-order valence-electron chi connectivity index (χ1n) is 6.50. The second kappa shape index (κ2) is 4.92. The third kappa shape index (κ3) is 2.22. The van der Waals surface area contributed by atoms with Crippen molar-refractivity contribution in [1.29, 1.82) is 0 Å². The van der Waals surface area contributed by atoms with Crippen LogP contribution in [0.15, 0.2) is 47.6 Å². The van der Waals surface area contributed by atoms with E-state index in [1.54, 1.807) is 6.07 Å². The highest BCUT2D eigenvalue weighted by Crippen LogP contribution is 2.18. The minimum Gasteiger partial charge on any atom is -0.322 e. The van der Waals surface area contributed by atoms with E-state index in [2.05, 4.69) is 10.4 Å². The fourth-order valence-corrected chi connectivity index (χ4v) is 2.44. The third-order valence-corrected chi connectivity index (χ3v) is 3.58. The Morgan fingerprint density at radius 2 is 2.10 bits per heavy atom. The molecule has 3 rings (SSSR count). The molecular weight excluding hydrogens is 251 g/mol. The Morgan fingerprint density at radius 3 is 2.85 bits per heavy atom. The molecule has 0 radical (unpaired) electrons. The van der Waals surface area contributed by atoms with Gasteiger partial charge in [-0.05, 0) is 43.0 Å². The van der Waals surface area contributed by atoms with E-state index in [9.17, 15) is 9.70 Å². The van der Waals surface area contributed by atoms with Gasteiger partial charge in [-0.15, -0.1) is 5.09 Å². The average Bonchev–Trinajstić information content (AvgIpc) is 2.42. The summed E-state index contributed by atoms with van der Waals surface area (Å²) in [4.78, 5) is 22.7. The molecule has 1 N–H and O–H groups in total. The van der Waals surface area contributed by atoms with Crippen molar-refractivity contribution in [2.24, 2.45) is 5.09 Å². The van der Waals surface area contributed by atoms with Gasteiger partial charge < -0.3 is 5.32 Å². The molecule has 0 fully saturated rings. The number of carbonyl (C=O) groups is 1. The number of rotatable bonds is 3. The normalized spacial score (nSPS) is 12.3. The van der Waals surface area contributed by atoms with Gasteiger partial charge in [0.25, 0.3) is 5.91 Å². The van der Waals surface area contributed by atoms with E-state index in [4.69, 9.17) is 0 Å². The molecule has 20 heavy (non-hydrogen) atoms. The van der Waals surface area contributed by atoms with Crippen LogP contribution in [0.4, 0.5) is 5.69 Å². The van der Waals surface area contributed by atoms with Crippen molar-refractivity contribution in [3.63, 3.8) is 0 Å². The lowest BCUT2D eigenvalue weighted by Crippen LogP contribution is -2.44. The van der Waals surface area contributed by atoms with Gasteiger partial charge in [-0.2, -0.15) is 4.91 Å². The Balaban J connectivity index is 1.80. The highest BCUT2D eigenvalue weighted by Gasteiger charge is 2.32. The van der Waals surface area contributed by atoms with Crippen LogP contribution >= 0.6 is 0 Å². The van der Waals surface area contributed by atoms with Gasteiger partial charge in [-0.25, -0.2) is 0 Å². The second-order valence-corrected chi connectivity index (χ2v) is 5.06. The Bertz CT molecular complexity index is 700. The number of carbonyl (C=O) groups excluding carboxylic acids is 1. The van der Waals surface area contributed by atoms with Crippen molar-refractivity contribution in [2.75, 3.05) is 5.32 Å². The third-order valence-electron chi connectivity index (χ3n) is 3.58. The van der Waals surface area contributed by atoms with Crippen LogP contribution in [0.3, 0.4) is 0 Å². The number of hydrogen-bond acceptors (Lipinski definition) is 3. The summed E-state index contributed by atoms with van der Waals surface area (Å²) in [6, 6.07) is 13.0. The summed E-state index contributed by atoms with van der Waals surface area (Å²) in [7, 11) is 0. The first kappa shape index (κ1) is 12.6. The lowest BCUT2D eigenvalue weighted by atomic mass is 9.42. The fourth-order valence-electron chi connectivity index (χ4n) is 2.44. The Kier molecular flexibility index (Phi) is 3.10. The van der Waals surface area contributed by atoms with Gasteiger partial charge in [0, 0.05) is 11.3 Å². The number of nitroso groups, excluding NO2 is 1. The predicted molar refractivity (Wildman–Crippen MR) is 80.5 cm³/mol. The van der Waals surface area contributed by atoms with E-state index in [1.807, 2.05) is 43.3 Å². The van der Waals surface area contributed by atoms with Crippen molar-refractivity contribution >= 4 is 23.9 Å². The number of anilines is 1. The van der Waals surface area contributed by atoms with Crippen LogP contribution in [0.25, 0.3) is 0 Å². The largest absolute Gasteiger partial charge is 0.374 e. The number of nitrogens with zero attached hydrogens (tertiary/aromatic N) is 1. The summed E-state index contributed by atoms with van der Waals surface area (Å²) in [5.74, 6) is -0.149. The van der Waals surface area contributed by atoms with Gasteiger partial charge in [0.15, 0.2) is 0 Å². The van der Waals surface area contributed by atoms with Gasteiger partial charge in [0.05, 0.1) is 0 Å². The predicted octanol–water partition coefficient (Wildman–Crippen LogP) is 2.31. The van der Waals surface area contributed by atoms with Crippen LogP contribution in [-0.2, 0) is 6.32 Å². The van der Waals surface area contributed by atoms with E-state index < -0.39 is 0 Å². The molecule has 0 aliphatic carbocycles. The molecule has 0 unspecified atom stereocenters. The summed E-state index contributed by atoms with van der Waals surface area (Å²) in [5, 5.41) is 5.91. The summed E-state index contributed by atoms with van der Waals surface area (Å²) in [5.41, 5.74) is 4.41. The standard InChI is InChI=1S/C15H13BN2O2/c1-10-3-2-4-11(7-10)15(19)17-13-6-5-12-9-16(18-20)14(12)8-13/h2-8H,9H2,1H3,(H,17,19). The first-order chi connectivity index (χ1) is 9.67. The monoisotopic (exact) mass is 264 g/mol. The molecule has 2 aromatic rings. The minimum absolute atomic E-state index is 0.149. The highest BCUT2D eigenvalue weighted by atomic mass is 16.2. The first-order valence-corrected chi connectivity index (χ1v) is 6.50. The van der Waals surface area contributed by atoms with Crippen molar-refractivity contribution in [2.45, 2.75) is 13.2 Å². The van der Waals surface area contributed by atoms with Gasteiger partial charge in [0.1, 0.15) is 0 Å². The Labute approximate surface area is 117 Å². The maximum Gasteiger partial charge on any atom is 0.374 e. The van der Waals surface area contributed by atoms with E-state index in [0.29, 0.717) is 17.6 Å². The quantitative estimate of drug-likeness (QED) is 0.683. The minimum atomic E-state index is -0.263.